The van der Waals surface area contributed by atoms with Crippen molar-refractivity contribution in [2.45, 2.75) is 19.3 Å². The van der Waals surface area contributed by atoms with Crippen molar-refractivity contribution in [3.63, 3.8) is 0 Å². The Hall–Kier alpha value is -6.12. The lowest BCUT2D eigenvalue weighted by Gasteiger charge is -2.29. The van der Waals surface area contributed by atoms with E-state index in [1.807, 2.05) is 0 Å². The monoisotopic (exact) mass is 627 g/mol. The van der Waals surface area contributed by atoms with Gasteiger partial charge in [0.25, 0.3) is 0 Å². The minimum Gasteiger partial charge on any atom is -0.455 e. The summed E-state index contributed by atoms with van der Waals surface area (Å²) in [7, 11) is 0. The predicted octanol–water partition coefficient (Wildman–Crippen LogP) is 13.3. The van der Waals surface area contributed by atoms with Gasteiger partial charge in [0.2, 0.25) is 0 Å². The fraction of sp³-hybridized carbons (Fsp3) is 0.0638. The van der Waals surface area contributed by atoms with Gasteiger partial charge in [0.1, 0.15) is 11.2 Å². The number of hydrogen-bond donors (Lipinski definition) is 0. The van der Waals surface area contributed by atoms with Crippen LogP contribution in [0.1, 0.15) is 25.0 Å². The van der Waals surface area contributed by atoms with Gasteiger partial charge < -0.3 is 9.32 Å². The summed E-state index contributed by atoms with van der Waals surface area (Å²) >= 11 is 0. The third-order valence-corrected chi connectivity index (χ3v) is 10.6. The fourth-order valence-corrected chi connectivity index (χ4v) is 8.21. The first-order valence-electron chi connectivity index (χ1n) is 17.0. The van der Waals surface area contributed by atoms with Crippen molar-refractivity contribution in [1.29, 1.82) is 0 Å². The van der Waals surface area contributed by atoms with Crippen LogP contribution in [0.3, 0.4) is 0 Å². The SMILES string of the molecule is CC1(C)c2ccccc2-c2ccc(N(c3ccccc3)c3cc4c5cccc(-c6ccc7ccccc7c6)c5oc4c4ccccc34)cc21. The van der Waals surface area contributed by atoms with E-state index in [2.05, 4.69) is 183 Å². The summed E-state index contributed by atoms with van der Waals surface area (Å²) in [6.07, 6.45) is 0. The van der Waals surface area contributed by atoms with Gasteiger partial charge in [0, 0.05) is 43.9 Å². The van der Waals surface area contributed by atoms with Crippen molar-refractivity contribution in [3.8, 4) is 22.3 Å². The molecule has 1 aromatic heterocycles. The number of furan rings is 1. The van der Waals surface area contributed by atoms with Gasteiger partial charge in [0.15, 0.2) is 0 Å². The molecule has 2 nitrogen and oxygen atoms in total. The summed E-state index contributed by atoms with van der Waals surface area (Å²) in [5, 5.41) is 6.93. The van der Waals surface area contributed by atoms with E-state index in [0.29, 0.717) is 0 Å². The lowest BCUT2D eigenvalue weighted by Crippen LogP contribution is -2.16. The van der Waals surface area contributed by atoms with Crippen molar-refractivity contribution in [2.24, 2.45) is 0 Å². The summed E-state index contributed by atoms with van der Waals surface area (Å²) in [4.78, 5) is 2.42. The normalized spacial score (nSPS) is 13.3. The molecule has 0 amide bonds. The molecule has 8 aromatic carbocycles. The molecule has 1 aliphatic rings. The first-order chi connectivity index (χ1) is 24.1. The smallest absolute Gasteiger partial charge is 0.143 e. The summed E-state index contributed by atoms with van der Waals surface area (Å²) in [6, 6.07) is 59.4. The zero-order chi connectivity index (χ0) is 32.7. The van der Waals surface area contributed by atoms with Gasteiger partial charge in [0.05, 0.1) is 5.69 Å². The van der Waals surface area contributed by atoms with Crippen LogP contribution in [0, 0.1) is 0 Å². The van der Waals surface area contributed by atoms with E-state index in [-0.39, 0.29) is 5.41 Å². The first-order valence-corrected chi connectivity index (χ1v) is 17.0. The van der Waals surface area contributed by atoms with Crippen LogP contribution in [-0.4, -0.2) is 0 Å². The summed E-state index contributed by atoms with van der Waals surface area (Å²) < 4.78 is 6.91. The molecule has 0 saturated heterocycles. The molecule has 232 valence electrons. The second-order valence-corrected chi connectivity index (χ2v) is 13.7. The van der Waals surface area contributed by atoms with E-state index in [0.717, 1.165) is 60.9 Å². The maximum Gasteiger partial charge on any atom is 0.143 e. The fourth-order valence-electron chi connectivity index (χ4n) is 8.21. The van der Waals surface area contributed by atoms with Gasteiger partial charge in [-0.25, -0.2) is 0 Å². The number of para-hydroxylation sites is 2. The second kappa shape index (κ2) is 10.4. The van der Waals surface area contributed by atoms with Gasteiger partial charge in [-0.05, 0) is 75.0 Å². The van der Waals surface area contributed by atoms with Gasteiger partial charge in [-0.1, -0.05) is 141 Å². The zero-order valence-electron chi connectivity index (χ0n) is 27.4. The number of nitrogens with zero attached hydrogens (tertiary/aromatic N) is 1. The Balaban J connectivity index is 1.23. The molecule has 0 aliphatic heterocycles. The predicted molar refractivity (Wildman–Crippen MR) is 206 cm³/mol. The Morgan fingerprint density at radius 3 is 1.98 bits per heavy atom. The maximum absolute atomic E-state index is 6.91. The highest BCUT2D eigenvalue weighted by atomic mass is 16.3. The van der Waals surface area contributed by atoms with Crippen LogP contribution in [0.25, 0.3) is 65.7 Å². The minimum absolute atomic E-state index is 0.101. The Labute approximate surface area is 285 Å². The first kappa shape index (κ1) is 27.9. The summed E-state index contributed by atoms with van der Waals surface area (Å²) in [6.45, 7) is 4.70. The van der Waals surface area contributed by atoms with Crippen molar-refractivity contribution < 1.29 is 4.42 Å². The highest BCUT2D eigenvalue weighted by molar-refractivity contribution is 6.21. The molecule has 10 rings (SSSR count). The summed E-state index contributed by atoms with van der Waals surface area (Å²) in [5.74, 6) is 0. The van der Waals surface area contributed by atoms with Crippen LogP contribution in [0.15, 0.2) is 168 Å². The Bertz CT molecular complexity index is 2750. The highest BCUT2D eigenvalue weighted by Gasteiger charge is 2.36. The average Bonchev–Trinajstić information content (AvgIpc) is 3.64. The Morgan fingerprint density at radius 1 is 0.429 bits per heavy atom. The summed E-state index contributed by atoms with van der Waals surface area (Å²) in [5.41, 5.74) is 12.8. The Kier molecular flexibility index (Phi) is 5.95. The molecule has 0 spiro atoms. The molecule has 0 atom stereocenters. The quantitative estimate of drug-likeness (QED) is 0.193. The molecule has 9 aromatic rings. The molecular formula is C47H33NO. The molecule has 1 heterocycles. The van der Waals surface area contributed by atoms with E-state index >= 15 is 0 Å². The number of fused-ring (bicyclic) bond motifs is 9. The molecule has 0 bridgehead atoms. The number of anilines is 3. The minimum atomic E-state index is -0.101. The third kappa shape index (κ3) is 4.14. The van der Waals surface area contributed by atoms with Crippen molar-refractivity contribution in [1.82, 2.24) is 0 Å². The lowest BCUT2D eigenvalue weighted by molar-refractivity contribution is 0.660. The van der Waals surface area contributed by atoms with Crippen molar-refractivity contribution in [3.05, 3.63) is 175 Å². The topological polar surface area (TPSA) is 16.4 Å². The maximum atomic E-state index is 6.91. The molecule has 0 saturated carbocycles. The zero-order valence-corrected chi connectivity index (χ0v) is 27.4. The molecule has 0 N–H and O–H groups in total. The number of benzene rings is 8. The van der Waals surface area contributed by atoms with Crippen molar-refractivity contribution in [2.75, 3.05) is 4.90 Å². The van der Waals surface area contributed by atoms with Crippen LogP contribution >= 0.6 is 0 Å². The number of rotatable bonds is 4. The largest absolute Gasteiger partial charge is 0.455 e. The third-order valence-electron chi connectivity index (χ3n) is 10.6. The van der Waals surface area contributed by atoms with Gasteiger partial charge >= 0.3 is 0 Å². The van der Waals surface area contributed by atoms with Crippen LogP contribution in [0.2, 0.25) is 0 Å². The molecule has 49 heavy (non-hydrogen) atoms. The van der Waals surface area contributed by atoms with Crippen LogP contribution in [0.5, 0.6) is 0 Å². The van der Waals surface area contributed by atoms with Crippen LogP contribution in [0.4, 0.5) is 17.1 Å². The molecule has 0 fully saturated rings. The van der Waals surface area contributed by atoms with Gasteiger partial charge in [-0.2, -0.15) is 0 Å². The highest BCUT2D eigenvalue weighted by Crippen LogP contribution is 2.52. The molecular weight excluding hydrogens is 595 g/mol. The second-order valence-electron chi connectivity index (χ2n) is 13.7. The molecule has 2 heteroatoms. The van der Waals surface area contributed by atoms with Gasteiger partial charge in [-0.15, -0.1) is 0 Å². The van der Waals surface area contributed by atoms with Crippen LogP contribution in [-0.2, 0) is 5.41 Å². The molecule has 1 aliphatic carbocycles. The Morgan fingerprint density at radius 2 is 1.10 bits per heavy atom. The standard InChI is InChI=1S/C47H33NO/c1-47(2)42-22-11-10-17-36(42)37-26-25-34(28-43(37)47)48(33-15-4-3-5-16-33)44-29-41-40-21-12-20-35(32-24-23-30-13-6-7-14-31(30)27-32)45(40)49-46(41)39-19-9-8-18-38(39)44/h3-29H,1-2H3. The van der Waals surface area contributed by atoms with E-state index in [9.17, 15) is 0 Å². The molecule has 0 unspecified atom stereocenters. The van der Waals surface area contributed by atoms with E-state index in [4.69, 9.17) is 4.42 Å². The van der Waals surface area contributed by atoms with E-state index < -0.39 is 0 Å². The van der Waals surface area contributed by atoms with Gasteiger partial charge in [-0.3, -0.25) is 0 Å². The number of hydrogen-bond acceptors (Lipinski definition) is 2. The van der Waals surface area contributed by atoms with E-state index in [1.165, 1.54) is 33.0 Å². The lowest BCUT2D eigenvalue weighted by atomic mass is 9.82. The average molecular weight is 628 g/mol. The van der Waals surface area contributed by atoms with Crippen LogP contribution < -0.4 is 4.90 Å². The van der Waals surface area contributed by atoms with Crippen molar-refractivity contribution >= 4 is 60.5 Å². The van der Waals surface area contributed by atoms with E-state index in [1.54, 1.807) is 0 Å². The molecule has 0 radical (unpaired) electrons.